The maximum Gasteiger partial charge on any atom is 0.0438 e. The van der Waals surface area contributed by atoms with E-state index in [0.717, 1.165) is 23.4 Å². The van der Waals surface area contributed by atoms with E-state index in [4.69, 9.17) is 17.3 Å². The molecule has 0 atom stereocenters. The number of aryl methyl sites for hydroxylation is 3. The van der Waals surface area contributed by atoms with Gasteiger partial charge in [0.2, 0.25) is 0 Å². The lowest BCUT2D eigenvalue weighted by molar-refractivity contribution is 0.957. The summed E-state index contributed by atoms with van der Waals surface area (Å²) in [7, 11) is 0. The Labute approximate surface area is 119 Å². The zero-order chi connectivity index (χ0) is 13.8. The van der Waals surface area contributed by atoms with E-state index in [1.807, 2.05) is 18.2 Å². The summed E-state index contributed by atoms with van der Waals surface area (Å²) in [6, 6.07) is 14.3. The van der Waals surface area contributed by atoms with Gasteiger partial charge in [-0.05, 0) is 54.7 Å². The molecular formula is C17H18ClN. The molecule has 98 valence electrons. The van der Waals surface area contributed by atoms with Crippen molar-refractivity contribution < 1.29 is 0 Å². The van der Waals surface area contributed by atoms with Gasteiger partial charge in [-0.2, -0.15) is 0 Å². The Morgan fingerprint density at radius 1 is 1.16 bits per heavy atom. The van der Waals surface area contributed by atoms with E-state index in [2.05, 4.69) is 37.8 Å². The van der Waals surface area contributed by atoms with Gasteiger partial charge in [0.15, 0.2) is 0 Å². The number of hydrogen-bond acceptors (Lipinski definition) is 1. The molecule has 2 rings (SSSR count). The van der Waals surface area contributed by atoms with Crippen molar-refractivity contribution in [2.24, 2.45) is 5.73 Å². The second-order valence-electron chi connectivity index (χ2n) is 4.82. The maximum atomic E-state index is 6.17. The highest BCUT2D eigenvalue weighted by atomic mass is 35.5. The van der Waals surface area contributed by atoms with Crippen LogP contribution in [0.2, 0.25) is 5.02 Å². The fourth-order valence-electron chi connectivity index (χ4n) is 2.17. The predicted octanol–water partition coefficient (Wildman–Crippen LogP) is 4.36. The van der Waals surface area contributed by atoms with Crippen LogP contribution >= 0.6 is 11.6 Å². The molecular weight excluding hydrogens is 254 g/mol. The van der Waals surface area contributed by atoms with E-state index < -0.39 is 0 Å². The number of nitrogens with two attached hydrogens (primary N) is 1. The second kappa shape index (κ2) is 5.94. The Morgan fingerprint density at radius 2 is 1.89 bits per heavy atom. The molecule has 1 nitrogen and oxygen atoms in total. The third-order valence-corrected chi connectivity index (χ3v) is 3.52. The van der Waals surface area contributed by atoms with Crippen LogP contribution in [0.1, 0.15) is 22.3 Å². The van der Waals surface area contributed by atoms with E-state index in [-0.39, 0.29) is 0 Å². The summed E-state index contributed by atoms with van der Waals surface area (Å²) >= 11 is 6.17. The average molecular weight is 272 g/mol. The predicted molar refractivity (Wildman–Crippen MR) is 83.3 cm³/mol. The topological polar surface area (TPSA) is 26.0 Å². The molecule has 0 aromatic heterocycles. The highest BCUT2D eigenvalue weighted by molar-refractivity contribution is 6.31. The summed E-state index contributed by atoms with van der Waals surface area (Å²) in [6.07, 6.45) is 1.88. The van der Waals surface area contributed by atoms with E-state index in [1.165, 1.54) is 16.7 Å². The minimum atomic E-state index is 0.614. The van der Waals surface area contributed by atoms with Gasteiger partial charge in [-0.25, -0.2) is 0 Å². The minimum Gasteiger partial charge on any atom is -0.399 e. The van der Waals surface area contributed by atoms with Crippen molar-refractivity contribution in [1.29, 1.82) is 0 Å². The van der Waals surface area contributed by atoms with E-state index in [9.17, 15) is 0 Å². The third kappa shape index (κ3) is 3.62. The number of rotatable bonds is 4. The molecule has 2 aromatic rings. The molecule has 0 aliphatic carbocycles. The molecule has 2 aromatic carbocycles. The highest BCUT2D eigenvalue weighted by Gasteiger charge is 2.03. The Balaban J connectivity index is 2.16. The summed E-state index contributed by atoms with van der Waals surface area (Å²) in [6.45, 7) is 5.87. The largest absolute Gasteiger partial charge is 0.399 e. The van der Waals surface area contributed by atoms with Crippen LogP contribution in [-0.2, 0) is 12.8 Å². The summed E-state index contributed by atoms with van der Waals surface area (Å²) in [5.74, 6) is 0. The first-order valence-electron chi connectivity index (χ1n) is 6.35. The van der Waals surface area contributed by atoms with Crippen LogP contribution < -0.4 is 5.73 Å². The molecule has 0 fully saturated rings. The van der Waals surface area contributed by atoms with Gasteiger partial charge in [-0.3, -0.25) is 0 Å². The summed E-state index contributed by atoms with van der Waals surface area (Å²) in [4.78, 5) is 0. The minimum absolute atomic E-state index is 0.614. The van der Waals surface area contributed by atoms with Crippen LogP contribution in [-0.4, -0.2) is 0 Å². The first-order valence-corrected chi connectivity index (χ1v) is 6.73. The van der Waals surface area contributed by atoms with Crippen molar-refractivity contribution in [3.8, 4) is 0 Å². The molecule has 0 radical (unpaired) electrons. The molecule has 0 bridgehead atoms. The highest BCUT2D eigenvalue weighted by Crippen LogP contribution is 2.19. The lowest BCUT2D eigenvalue weighted by Crippen LogP contribution is -1.98. The zero-order valence-electron chi connectivity index (χ0n) is 11.1. The quantitative estimate of drug-likeness (QED) is 0.878. The van der Waals surface area contributed by atoms with E-state index >= 15 is 0 Å². The van der Waals surface area contributed by atoms with Gasteiger partial charge in [-0.15, -0.1) is 0 Å². The smallest absolute Gasteiger partial charge is 0.0438 e. The Bertz CT molecular complexity index is 602. The zero-order valence-corrected chi connectivity index (χ0v) is 11.9. The number of benzene rings is 2. The first kappa shape index (κ1) is 13.7. The standard InChI is InChI=1S/C17H18ClN/c1-12-9-14(11-16(10-12)13(2)19)7-8-15-5-3-4-6-17(15)18/h3-6,9-11H,2,7-8,19H2,1H3. The Kier molecular flexibility index (Phi) is 4.28. The molecule has 19 heavy (non-hydrogen) atoms. The summed E-state index contributed by atoms with van der Waals surface area (Å²) in [5, 5.41) is 0.832. The summed E-state index contributed by atoms with van der Waals surface area (Å²) < 4.78 is 0. The fraction of sp³-hybridized carbons (Fsp3) is 0.176. The van der Waals surface area contributed by atoms with Crippen LogP contribution in [0, 0.1) is 6.92 Å². The average Bonchev–Trinajstić information content (AvgIpc) is 2.37. The Morgan fingerprint density at radius 3 is 2.58 bits per heavy atom. The van der Waals surface area contributed by atoms with Crippen LogP contribution in [0.4, 0.5) is 0 Å². The van der Waals surface area contributed by atoms with E-state index in [0.29, 0.717) is 5.70 Å². The number of halogens is 1. The number of hydrogen-bond donors (Lipinski definition) is 1. The van der Waals surface area contributed by atoms with Crippen LogP contribution in [0.5, 0.6) is 0 Å². The van der Waals surface area contributed by atoms with Gasteiger partial charge in [-0.1, -0.05) is 48.0 Å². The molecule has 0 heterocycles. The SMILES string of the molecule is C=C(N)c1cc(C)cc(CCc2ccccc2Cl)c1. The van der Waals surface area contributed by atoms with Crippen molar-refractivity contribution >= 4 is 17.3 Å². The van der Waals surface area contributed by atoms with Gasteiger partial charge in [0.05, 0.1) is 0 Å². The Hall–Kier alpha value is -1.73. The van der Waals surface area contributed by atoms with Crippen molar-refractivity contribution in [3.63, 3.8) is 0 Å². The van der Waals surface area contributed by atoms with Gasteiger partial charge in [0.1, 0.15) is 0 Å². The molecule has 0 spiro atoms. The molecule has 0 unspecified atom stereocenters. The van der Waals surface area contributed by atoms with E-state index in [1.54, 1.807) is 0 Å². The fourth-order valence-corrected chi connectivity index (χ4v) is 2.40. The lowest BCUT2D eigenvalue weighted by Gasteiger charge is -2.08. The lowest BCUT2D eigenvalue weighted by atomic mass is 9.99. The van der Waals surface area contributed by atoms with Gasteiger partial charge in [0.25, 0.3) is 0 Å². The molecule has 0 aliphatic rings. The van der Waals surface area contributed by atoms with Crippen LogP contribution in [0.3, 0.4) is 0 Å². The van der Waals surface area contributed by atoms with Gasteiger partial charge >= 0.3 is 0 Å². The third-order valence-electron chi connectivity index (χ3n) is 3.15. The van der Waals surface area contributed by atoms with Crippen molar-refractivity contribution in [1.82, 2.24) is 0 Å². The summed E-state index contributed by atoms with van der Waals surface area (Å²) in [5.41, 5.74) is 11.0. The van der Waals surface area contributed by atoms with Crippen molar-refractivity contribution in [2.75, 3.05) is 0 Å². The maximum absolute atomic E-state index is 6.17. The molecule has 0 aliphatic heterocycles. The van der Waals surface area contributed by atoms with Crippen LogP contribution in [0.15, 0.2) is 49.0 Å². The van der Waals surface area contributed by atoms with Gasteiger partial charge in [0, 0.05) is 10.7 Å². The molecule has 2 heteroatoms. The molecule has 0 saturated heterocycles. The normalized spacial score (nSPS) is 10.4. The molecule has 0 amide bonds. The molecule has 2 N–H and O–H groups in total. The first-order chi connectivity index (χ1) is 9.06. The monoisotopic (exact) mass is 271 g/mol. The van der Waals surface area contributed by atoms with Crippen molar-refractivity contribution in [3.05, 3.63) is 76.3 Å². The van der Waals surface area contributed by atoms with Crippen molar-refractivity contribution in [2.45, 2.75) is 19.8 Å². The van der Waals surface area contributed by atoms with Crippen LogP contribution in [0.25, 0.3) is 5.70 Å². The molecule has 0 saturated carbocycles. The second-order valence-corrected chi connectivity index (χ2v) is 5.23. The van der Waals surface area contributed by atoms with Gasteiger partial charge < -0.3 is 5.73 Å².